The van der Waals surface area contributed by atoms with Crippen molar-refractivity contribution >= 4 is 5.91 Å². The van der Waals surface area contributed by atoms with Gasteiger partial charge in [-0.25, -0.2) is 4.98 Å². The van der Waals surface area contributed by atoms with Gasteiger partial charge in [0.1, 0.15) is 24.0 Å². The normalized spacial score (nSPS) is 16.3. The van der Waals surface area contributed by atoms with Gasteiger partial charge >= 0.3 is 0 Å². The molecule has 0 fully saturated rings. The predicted molar refractivity (Wildman–Crippen MR) is 90.7 cm³/mol. The maximum atomic E-state index is 12.2. The number of aromatic nitrogens is 3. The van der Waals surface area contributed by atoms with Crippen LogP contribution in [0.5, 0.6) is 5.75 Å². The molecule has 1 aliphatic rings. The molecule has 0 saturated heterocycles. The first-order valence-electron chi connectivity index (χ1n) is 8.40. The Bertz CT molecular complexity index is 710. The van der Waals surface area contributed by atoms with E-state index in [0.29, 0.717) is 13.0 Å². The van der Waals surface area contributed by atoms with E-state index in [-0.39, 0.29) is 17.6 Å². The van der Waals surface area contributed by atoms with Crippen LogP contribution in [0.4, 0.5) is 0 Å². The van der Waals surface area contributed by atoms with E-state index in [9.17, 15) is 4.79 Å². The molecule has 0 spiro atoms. The Kier molecular flexibility index (Phi) is 4.55. The number of benzene rings is 1. The largest absolute Gasteiger partial charge is 0.487 e. The van der Waals surface area contributed by atoms with Crippen molar-refractivity contribution in [1.29, 1.82) is 0 Å². The molecule has 0 radical (unpaired) electrons. The van der Waals surface area contributed by atoms with E-state index in [1.54, 1.807) is 11.0 Å². The highest BCUT2D eigenvalue weighted by molar-refractivity contribution is 5.76. The van der Waals surface area contributed by atoms with Gasteiger partial charge in [-0.3, -0.25) is 9.48 Å². The molecule has 1 aromatic heterocycles. The second-order valence-electron chi connectivity index (χ2n) is 6.84. The third kappa shape index (κ3) is 3.75. The molecule has 1 amide bonds. The van der Waals surface area contributed by atoms with Gasteiger partial charge in [0.2, 0.25) is 5.91 Å². The highest BCUT2D eigenvalue weighted by atomic mass is 16.5. The van der Waals surface area contributed by atoms with E-state index in [2.05, 4.69) is 42.2 Å². The minimum Gasteiger partial charge on any atom is -0.487 e. The molecule has 2 heterocycles. The van der Waals surface area contributed by atoms with Gasteiger partial charge in [-0.1, -0.05) is 13.0 Å². The summed E-state index contributed by atoms with van der Waals surface area (Å²) in [6.07, 6.45) is 5.22. The third-order valence-corrected chi connectivity index (χ3v) is 4.27. The number of nitrogens with one attached hydrogen (secondary N) is 1. The zero-order valence-corrected chi connectivity index (χ0v) is 14.5. The molecule has 0 saturated carbocycles. The fraction of sp³-hybridized carbons (Fsp3) is 0.500. The fourth-order valence-electron chi connectivity index (χ4n) is 3.10. The molecule has 128 valence electrons. The Balaban J connectivity index is 1.63. The lowest BCUT2D eigenvalue weighted by Gasteiger charge is -2.18. The maximum Gasteiger partial charge on any atom is 0.222 e. The summed E-state index contributed by atoms with van der Waals surface area (Å²) in [5, 5.41) is 7.13. The van der Waals surface area contributed by atoms with Gasteiger partial charge < -0.3 is 10.1 Å². The summed E-state index contributed by atoms with van der Waals surface area (Å²) in [6.45, 7) is 6.80. The molecule has 24 heavy (non-hydrogen) atoms. The van der Waals surface area contributed by atoms with Crippen LogP contribution in [-0.2, 0) is 17.8 Å². The Morgan fingerprint density at radius 3 is 3.00 bits per heavy atom. The van der Waals surface area contributed by atoms with Crippen molar-refractivity contribution in [2.24, 2.45) is 0 Å². The SMILES string of the molecule is CC[C@@H](NC(=O)CCn1cncn1)c1ccc2c(c1)CC(C)(C)O2. The molecule has 1 aromatic carbocycles. The van der Waals surface area contributed by atoms with Crippen molar-refractivity contribution in [2.45, 2.75) is 58.2 Å². The van der Waals surface area contributed by atoms with Gasteiger partial charge in [0, 0.05) is 12.8 Å². The van der Waals surface area contributed by atoms with Gasteiger partial charge in [-0.2, -0.15) is 5.10 Å². The van der Waals surface area contributed by atoms with Crippen molar-refractivity contribution in [1.82, 2.24) is 20.1 Å². The van der Waals surface area contributed by atoms with E-state index in [4.69, 9.17) is 4.74 Å². The average Bonchev–Trinajstić information content (AvgIpc) is 3.15. The van der Waals surface area contributed by atoms with E-state index in [1.807, 2.05) is 12.1 Å². The summed E-state index contributed by atoms with van der Waals surface area (Å²) in [5.74, 6) is 0.977. The average molecular weight is 328 g/mol. The number of hydrogen-bond acceptors (Lipinski definition) is 4. The Labute approximate surface area is 142 Å². The molecule has 3 rings (SSSR count). The van der Waals surface area contributed by atoms with Crippen molar-refractivity contribution in [3.63, 3.8) is 0 Å². The van der Waals surface area contributed by atoms with Crippen molar-refractivity contribution in [2.75, 3.05) is 0 Å². The summed E-state index contributed by atoms with van der Waals surface area (Å²) >= 11 is 0. The summed E-state index contributed by atoms with van der Waals surface area (Å²) in [5.41, 5.74) is 2.20. The van der Waals surface area contributed by atoms with E-state index >= 15 is 0 Å². The molecular formula is C18H24N4O2. The molecule has 0 aliphatic carbocycles. The van der Waals surface area contributed by atoms with Crippen LogP contribution >= 0.6 is 0 Å². The van der Waals surface area contributed by atoms with Crippen LogP contribution in [0.25, 0.3) is 0 Å². The topological polar surface area (TPSA) is 69.0 Å². The second-order valence-corrected chi connectivity index (χ2v) is 6.84. The highest BCUT2D eigenvalue weighted by Crippen LogP contribution is 2.36. The van der Waals surface area contributed by atoms with E-state index in [1.165, 1.54) is 11.9 Å². The molecule has 2 aromatic rings. The number of amides is 1. The van der Waals surface area contributed by atoms with Gasteiger partial charge in [-0.05, 0) is 43.5 Å². The highest BCUT2D eigenvalue weighted by Gasteiger charge is 2.30. The Morgan fingerprint density at radius 2 is 2.29 bits per heavy atom. The number of fused-ring (bicyclic) bond motifs is 1. The summed E-state index contributed by atoms with van der Waals surface area (Å²) in [4.78, 5) is 16.1. The minimum atomic E-state index is -0.149. The number of hydrogen-bond donors (Lipinski definition) is 1. The molecule has 1 aliphatic heterocycles. The summed E-state index contributed by atoms with van der Waals surface area (Å²) < 4.78 is 7.58. The summed E-state index contributed by atoms with van der Waals surface area (Å²) in [6, 6.07) is 6.24. The number of nitrogens with zero attached hydrogens (tertiary/aromatic N) is 3. The van der Waals surface area contributed by atoms with Crippen LogP contribution < -0.4 is 10.1 Å². The quantitative estimate of drug-likeness (QED) is 0.885. The fourth-order valence-corrected chi connectivity index (χ4v) is 3.10. The number of aryl methyl sites for hydroxylation is 1. The zero-order valence-electron chi connectivity index (χ0n) is 14.5. The molecule has 1 atom stereocenters. The lowest BCUT2D eigenvalue weighted by Crippen LogP contribution is -2.29. The van der Waals surface area contributed by atoms with Gasteiger partial charge in [0.25, 0.3) is 0 Å². The van der Waals surface area contributed by atoms with Crippen LogP contribution in [0.2, 0.25) is 0 Å². The van der Waals surface area contributed by atoms with Crippen LogP contribution in [0.3, 0.4) is 0 Å². The Hall–Kier alpha value is -2.37. The smallest absolute Gasteiger partial charge is 0.222 e. The molecule has 0 unspecified atom stereocenters. The first-order chi connectivity index (χ1) is 11.5. The van der Waals surface area contributed by atoms with Crippen molar-refractivity contribution in [3.8, 4) is 5.75 Å². The van der Waals surface area contributed by atoms with Crippen LogP contribution in [0.15, 0.2) is 30.9 Å². The first-order valence-corrected chi connectivity index (χ1v) is 8.40. The number of carbonyl (C=O) groups is 1. The number of ether oxygens (including phenoxy) is 1. The monoisotopic (exact) mass is 328 g/mol. The number of rotatable bonds is 6. The first kappa shape index (κ1) is 16.5. The van der Waals surface area contributed by atoms with Crippen molar-refractivity contribution < 1.29 is 9.53 Å². The predicted octanol–water partition coefficient (Wildman–Crippen LogP) is 2.65. The summed E-state index contributed by atoms with van der Waals surface area (Å²) in [7, 11) is 0. The molecular weight excluding hydrogens is 304 g/mol. The lowest BCUT2D eigenvalue weighted by atomic mass is 9.97. The van der Waals surface area contributed by atoms with Crippen LogP contribution in [0, 0.1) is 0 Å². The molecule has 6 heteroatoms. The van der Waals surface area contributed by atoms with Crippen LogP contribution in [0.1, 0.15) is 50.8 Å². The van der Waals surface area contributed by atoms with Crippen molar-refractivity contribution in [3.05, 3.63) is 42.0 Å². The van der Waals surface area contributed by atoms with E-state index < -0.39 is 0 Å². The second kappa shape index (κ2) is 6.63. The van der Waals surface area contributed by atoms with Crippen LogP contribution in [-0.4, -0.2) is 26.3 Å². The van der Waals surface area contributed by atoms with Gasteiger partial charge in [-0.15, -0.1) is 0 Å². The van der Waals surface area contributed by atoms with Gasteiger partial charge in [0.15, 0.2) is 0 Å². The van der Waals surface area contributed by atoms with Gasteiger partial charge in [0.05, 0.1) is 12.6 Å². The Morgan fingerprint density at radius 1 is 1.46 bits per heavy atom. The maximum absolute atomic E-state index is 12.2. The van der Waals surface area contributed by atoms with E-state index in [0.717, 1.165) is 24.2 Å². The third-order valence-electron chi connectivity index (χ3n) is 4.27. The lowest BCUT2D eigenvalue weighted by molar-refractivity contribution is -0.122. The molecule has 6 nitrogen and oxygen atoms in total. The minimum absolute atomic E-state index is 0.0160. The molecule has 0 bridgehead atoms. The zero-order chi connectivity index (χ0) is 17.2. The standard InChI is InChI=1S/C18H24N4O2/c1-4-15(21-17(23)7-8-22-12-19-11-20-22)13-5-6-16-14(9-13)10-18(2,3)24-16/h5-6,9,11-12,15H,4,7-8,10H2,1-3H3,(H,21,23)/t15-/m1/s1. The molecule has 1 N–H and O–H groups in total. The number of carbonyl (C=O) groups excluding carboxylic acids is 1.